The van der Waals surface area contributed by atoms with E-state index in [1.807, 2.05) is 54.6 Å². The Kier molecular flexibility index (Phi) is 6.26. The number of hydrogen-bond acceptors (Lipinski definition) is 3. The van der Waals surface area contributed by atoms with E-state index in [4.69, 9.17) is 0 Å². The summed E-state index contributed by atoms with van der Waals surface area (Å²) in [6.07, 6.45) is 10.4. The zero-order valence-corrected chi connectivity index (χ0v) is 16.9. The van der Waals surface area contributed by atoms with Gasteiger partial charge < -0.3 is 5.11 Å². The van der Waals surface area contributed by atoms with Gasteiger partial charge in [0.15, 0.2) is 5.78 Å². The van der Waals surface area contributed by atoms with Crippen LogP contribution in [0.5, 0.6) is 5.75 Å². The summed E-state index contributed by atoms with van der Waals surface area (Å²) in [6, 6.07) is 15.8. The fraction of sp³-hybridized carbons (Fsp3) is 0.346. The normalized spacial score (nSPS) is 21.0. The summed E-state index contributed by atoms with van der Waals surface area (Å²) in [4.78, 5) is 15.4. The highest BCUT2D eigenvalue weighted by Gasteiger charge is 2.20. The lowest BCUT2D eigenvalue weighted by Crippen LogP contribution is -2.29. The lowest BCUT2D eigenvalue weighted by atomic mass is 9.86. The molecular formula is C26H29NO2. The summed E-state index contributed by atoms with van der Waals surface area (Å²) < 4.78 is 0. The molecule has 29 heavy (non-hydrogen) atoms. The summed E-state index contributed by atoms with van der Waals surface area (Å²) in [5.41, 5.74) is 4.78. The molecule has 0 bridgehead atoms. The van der Waals surface area contributed by atoms with E-state index < -0.39 is 0 Å². The van der Waals surface area contributed by atoms with Gasteiger partial charge in [0.25, 0.3) is 0 Å². The molecule has 2 aliphatic rings. The maximum atomic E-state index is 13.0. The van der Waals surface area contributed by atoms with Gasteiger partial charge >= 0.3 is 0 Å². The van der Waals surface area contributed by atoms with Crippen LogP contribution in [0.25, 0.3) is 12.2 Å². The van der Waals surface area contributed by atoms with Gasteiger partial charge in [0, 0.05) is 23.3 Å². The second kappa shape index (κ2) is 9.23. The first-order valence-corrected chi connectivity index (χ1v) is 10.7. The minimum absolute atomic E-state index is 0.158. The van der Waals surface area contributed by atoms with Crippen molar-refractivity contribution in [1.82, 2.24) is 4.90 Å². The number of carbonyl (C=O) groups is 1. The molecule has 3 nitrogen and oxygen atoms in total. The third kappa shape index (κ3) is 5.04. The van der Waals surface area contributed by atoms with Gasteiger partial charge in [-0.15, -0.1) is 0 Å². The van der Waals surface area contributed by atoms with Gasteiger partial charge in [-0.2, -0.15) is 0 Å². The molecule has 2 aromatic rings. The predicted molar refractivity (Wildman–Crippen MR) is 118 cm³/mol. The molecule has 150 valence electrons. The number of Topliss-reactive ketones (excluding diaryl/α,β-unsaturated/α-hetero) is 1. The molecule has 1 saturated carbocycles. The molecule has 2 fully saturated rings. The average Bonchev–Trinajstić information content (AvgIpc) is 2.75. The van der Waals surface area contributed by atoms with Crippen LogP contribution in [0.2, 0.25) is 0 Å². The van der Waals surface area contributed by atoms with Crippen LogP contribution in [0, 0.1) is 0 Å². The van der Waals surface area contributed by atoms with Crippen molar-refractivity contribution in [1.29, 1.82) is 0 Å². The number of likely N-dealkylation sites (tertiary alicyclic amines) is 1. The van der Waals surface area contributed by atoms with E-state index in [1.54, 1.807) is 6.07 Å². The topological polar surface area (TPSA) is 40.5 Å². The molecule has 1 heterocycles. The number of phenols is 1. The maximum absolute atomic E-state index is 13.0. The standard InChI is InChI=1S/C26H29NO2/c28-25-13-12-21(18-24(25)19-27-14-5-2-6-15-27)17-23-11-7-10-22(26(23)29)16-20-8-3-1-4-9-20/h1,3-4,8-9,12-13,16-18,28H,2,5-7,10-11,14-15,19H2/b22-16-,23-17-. The van der Waals surface area contributed by atoms with E-state index in [0.717, 1.165) is 66.7 Å². The molecule has 1 N–H and O–H groups in total. The SMILES string of the molecule is O=C1/C(=C\c2ccccc2)CCC/C1=C/c1ccc(O)c(CN2CCCCC2)c1. The van der Waals surface area contributed by atoms with Crippen molar-refractivity contribution < 1.29 is 9.90 Å². The summed E-state index contributed by atoms with van der Waals surface area (Å²) >= 11 is 0. The average molecular weight is 388 g/mol. The Bertz CT molecular complexity index is 921. The number of piperidine rings is 1. The van der Waals surface area contributed by atoms with Crippen molar-refractivity contribution in [2.75, 3.05) is 13.1 Å². The number of hydrogen-bond donors (Lipinski definition) is 1. The number of benzene rings is 2. The van der Waals surface area contributed by atoms with Crippen molar-refractivity contribution in [3.05, 3.63) is 76.4 Å². The molecule has 2 aromatic carbocycles. The molecule has 0 unspecified atom stereocenters. The molecule has 0 aromatic heterocycles. The number of nitrogens with zero attached hydrogens (tertiary/aromatic N) is 1. The van der Waals surface area contributed by atoms with Crippen LogP contribution in [0.3, 0.4) is 0 Å². The van der Waals surface area contributed by atoms with Gasteiger partial charge in [-0.05, 0) is 80.6 Å². The summed E-state index contributed by atoms with van der Waals surface area (Å²) in [5.74, 6) is 0.503. The third-order valence-corrected chi connectivity index (χ3v) is 5.90. The Morgan fingerprint density at radius 3 is 2.24 bits per heavy atom. The zero-order chi connectivity index (χ0) is 20.1. The van der Waals surface area contributed by atoms with E-state index in [0.29, 0.717) is 5.75 Å². The van der Waals surface area contributed by atoms with Crippen LogP contribution < -0.4 is 0 Å². The molecule has 1 aliphatic heterocycles. The van der Waals surface area contributed by atoms with Crippen molar-refractivity contribution in [2.24, 2.45) is 0 Å². The van der Waals surface area contributed by atoms with Crippen LogP contribution in [0.1, 0.15) is 55.2 Å². The minimum Gasteiger partial charge on any atom is -0.508 e. The van der Waals surface area contributed by atoms with Crippen LogP contribution in [0.15, 0.2) is 59.7 Å². The van der Waals surface area contributed by atoms with E-state index in [1.165, 1.54) is 19.3 Å². The zero-order valence-electron chi connectivity index (χ0n) is 16.9. The number of allylic oxidation sites excluding steroid dienone is 2. The van der Waals surface area contributed by atoms with E-state index >= 15 is 0 Å². The first-order chi connectivity index (χ1) is 14.2. The van der Waals surface area contributed by atoms with Gasteiger partial charge in [0.05, 0.1) is 0 Å². The van der Waals surface area contributed by atoms with Crippen LogP contribution in [-0.2, 0) is 11.3 Å². The number of phenolic OH excluding ortho intramolecular Hbond substituents is 1. The summed E-state index contributed by atoms with van der Waals surface area (Å²) in [7, 11) is 0. The Labute approximate surface area is 173 Å². The molecular weight excluding hydrogens is 358 g/mol. The second-order valence-electron chi connectivity index (χ2n) is 8.16. The molecule has 0 spiro atoms. The monoisotopic (exact) mass is 387 g/mol. The van der Waals surface area contributed by atoms with Crippen molar-refractivity contribution in [3.63, 3.8) is 0 Å². The first kappa shape index (κ1) is 19.7. The lowest BCUT2D eigenvalue weighted by molar-refractivity contribution is -0.112. The van der Waals surface area contributed by atoms with E-state index in [9.17, 15) is 9.90 Å². The molecule has 1 aliphatic carbocycles. The molecule has 1 saturated heterocycles. The Morgan fingerprint density at radius 1 is 0.828 bits per heavy atom. The first-order valence-electron chi connectivity index (χ1n) is 10.7. The molecule has 0 radical (unpaired) electrons. The highest BCUT2D eigenvalue weighted by Crippen LogP contribution is 2.29. The smallest absolute Gasteiger partial charge is 0.185 e. The minimum atomic E-state index is 0.158. The highest BCUT2D eigenvalue weighted by atomic mass is 16.3. The van der Waals surface area contributed by atoms with Gasteiger partial charge in [-0.3, -0.25) is 9.69 Å². The Morgan fingerprint density at radius 2 is 1.52 bits per heavy atom. The number of aromatic hydroxyl groups is 1. The predicted octanol–water partition coefficient (Wildman–Crippen LogP) is 5.60. The summed E-state index contributed by atoms with van der Waals surface area (Å²) in [5, 5.41) is 10.3. The fourth-order valence-corrected chi connectivity index (χ4v) is 4.31. The van der Waals surface area contributed by atoms with Gasteiger partial charge in [-0.25, -0.2) is 0 Å². The number of ketones is 1. The molecule has 4 rings (SSSR count). The molecule has 0 atom stereocenters. The lowest BCUT2D eigenvalue weighted by Gasteiger charge is -2.26. The van der Waals surface area contributed by atoms with Gasteiger partial charge in [0.1, 0.15) is 5.75 Å². The number of rotatable bonds is 4. The van der Waals surface area contributed by atoms with Gasteiger partial charge in [-0.1, -0.05) is 42.8 Å². The second-order valence-corrected chi connectivity index (χ2v) is 8.16. The molecule has 0 amide bonds. The Balaban J connectivity index is 1.54. The van der Waals surface area contributed by atoms with Crippen LogP contribution >= 0.6 is 0 Å². The largest absolute Gasteiger partial charge is 0.508 e. The Hall–Kier alpha value is -2.65. The van der Waals surface area contributed by atoms with Crippen LogP contribution in [-0.4, -0.2) is 28.9 Å². The quantitative estimate of drug-likeness (QED) is 0.695. The van der Waals surface area contributed by atoms with Crippen molar-refractivity contribution >= 4 is 17.9 Å². The number of carbonyl (C=O) groups excluding carboxylic acids is 1. The third-order valence-electron chi connectivity index (χ3n) is 5.90. The maximum Gasteiger partial charge on any atom is 0.185 e. The fourth-order valence-electron chi connectivity index (χ4n) is 4.31. The van der Waals surface area contributed by atoms with Crippen LogP contribution in [0.4, 0.5) is 0 Å². The van der Waals surface area contributed by atoms with Crippen molar-refractivity contribution in [3.8, 4) is 5.75 Å². The highest BCUT2D eigenvalue weighted by molar-refractivity contribution is 6.13. The van der Waals surface area contributed by atoms with E-state index in [2.05, 4.69) is 4.90 Å². The van der Waals surface area contributed by atoms with E-state index in [-0.39, 0.29) is 5.78 Å². The van der Waals surface area contributed by atoms with Gasteiger partial charge in [0.2, 0.25) is 0 Å². The summed E-state index contributed by atoms with van der Waals surface area (Å²) in [6.45, 7) is 2.96. The van der Waals surface area contributed by atoms with Crippen molar-refractivity contribution in [2.45, 2.75) is 45.1 Å². The molecule has 3 heteroatoms.